The van der Waals surface area contributed by atoms with Gasteiger partial charge in [0.15, 0.2) is 0 Å². The highest BCUT2D eigenvalue weighted by atomic mass is 16.4. The summed E-state index contributed by atoms with van der Waals surface area (Å²) in [7, 11) is 0. The van der Waals surface area contributed by atoms with Gasteiger partial charge < -0.3 is 10.4 Å². The van der Waals surface area contributed by atoms with Gasteiger partial charge in [0.05, 0.1) is 5.56 Å². The van der Waals surface area contributed by atoms with Crippen LogP contribution in [0.1, 0.15) is 42.6 Å². The van der Waals surface area contributed by atoms with Crippen molar-refractivity contribution in [2.45, 2.75) is 33.6 Å². The number of hydrogen-bond donors (Lipinski definition) is 2. The van der Waals surface area contributed by atoms with Crippen LogP contribution in [0.25, 0.3) is 0 Å². The number of benzene rings is 1. The molecule has 0 radical (unpaired) electrons. The summed E-state index contributed by atoms with van der Waals surface area (Å²) >= 11 is 0. The molecule has 1 amide bonds. The summed E-state index contributed by atoms with van der Waals surface area (Å²) < 4.78 is 0. The van der Waals surface area contributed by atoms with Crippen molar-refractivity contribution in [3.05, 3.63) is 29.3 Å². The third-order valence-corrected chi connectivity index (χ3v) is 2.90. The van der Waals surface area contributed by atoms with Gasteiger partial charge in [0.25, 0.3) is 0 Å². The van der Waals surface area contributed by atoms with Gasteiger partial charge in [-0.05, 0) is 37.1 Å². The molecule has 0 aliphatic carbocycles. The monoisotopic (exact) mass is 249 g/mol. The first-order valence-corrected chi connectivity index (χ1v) is 6.10. The molecule has 2 N–H and O–H groups in total. The Morgan fingerprint density at radius 2 is 2.06 bits per heavy atom. The molecule has 0 aliphatic heterocycles. The van der Waals surface area contributed by atoms with Gasteiger partial charge in [-0.3, -0.25) is 4.79 Å². The molecule has 1 atom stereocenters. The molecule has 1 rings (SSSR count). The smallest absolute Gasteiger partial charge is 0.335 e. The third-order valence-electron chi connectivity index (χ3n) is 2.90. The molecule has 4 heteroatoms. The average molecular weight is 249 g/mol. The van der Waals surface area contributed by atoms with Gasteiger partial charge in [-0.15, -0.1) is 0 Å². The molecule has 1 aromatic rings. The maximum absolute atomic E-state index is 11.8. The van der Waals surface area contributed by atoms with Crippen LogP contribution in [0, 0.1) is 12.8 Å². The number of amides is 1. The van der Waals surface area contributed by atoms with Gasteiger partial charge in [-0.25, -0.2) is 4.79 Å². The van der Waals surface area contributed by atoms with Crippen LogP contribution in [0.3, 0.4) is 0 Å². The predicted molar refractivity (Wildman–Crippen MR) is 70.8 cm³/mol. The number of anilines is 1. The minimum atomic E-state index is -0.963. The highest BCUT2D eigenvalue weighted by Crippen LogP contribution is 2.18. The van der Waals surface area contributed by atoms with E-state index in [4.69, 9.17) is 5.11 Å². The Morgan fingerprint density at radius 1 is 1.39 bits per heavy atom. The normalized spacial score (nSPS) is 11.9. The molecule has 18 heavy (non-hydrogen) atoms. The summed E-state index contributed by atoms with van der Waals surface area (Å²) in [6.07, 6.45) is 1.81. The number of carboxylic acid groups (broad SMARTS) is 1. The fraction of sp³-hybridized carbons (Fsp3) is 0.429. The molecule has 0 heterocycles. The fourth-order valence-electron chi connectivity index (χ4n) is 1.76. The molecule has 0 bridgehead atoms. The molecule has 0 aliphatic rings. The van der Waals surface area contributed by atoms with Crippen LogP contribution >= 0.6 is 0 Å². The van der Waals surface area contributed by atoms with Crippen LogP contribution in [-0.4, -0.2) is 17.0 Å². The number of carbonyl (C=O) groups is 2. The molecule has 4 nitrogen and oxygen atoms in total. The minimum Gasteiger partial charge on any atom is -0.478 e. The lowest BCUT2D eigenvalue weighted by Crippen LogP contribution is -2.20. The van der Waals surface area contributed by atoms with Gasteiger partial charge in [0.2, 0.25) is 5.91 Å². The Hall–Kier alpha value is -1.84. The molecule has 0 saturated carbocycles. The zero-order chi connectivity index (χ0) is 13.7. The van der Waals surface area contributed by atoms with E-state index in [1.807, 2.05) is 13.8 Å². The average Bonchev–Trinajstić information content (AvgIpc) is 2.31. The molecule has 0 spiro atoms. The quantitative estimate of drug-likeness (QED) is 0.842. The molecule has 0 fully saturated rings. The van der Waals surface area contributed by atoms with Gasteiger partial charge in [-0.2, -0.15) is 0 Å². The van der Waals surface area contributed by atoms with Crippen LogP contribution in [0.15, 0.2) is 18.2 Å². The van der Waals surface area contributed by atoms with Crippen molar-refractivity contribution in [1.29, 1.82) is 0 Å². The van der Waals surface area contributed by atoms with Gasteiger partial charge >= 0.3 is 5.97 Å². The van der Waals surface area contributed by atoms with E-state index in [1.54, 1.807) is 19.1 Å². The molecule has 1 unspecified atom stereocenters. The SMILES string of the molecule is CCCC(C)C(=O)Nc1ccc(C(=O)O)cc1C. The summed E-state index contributed by atoms with van der Waals surface area (Å²) in [6, 6.07) is 4.69. The summed E-state index contributed by atoms with van der Waals surface area (Å²) in [4.78, 5) is 22.6. The van der Waals surface area contributed by atoms with Crippen LogP contribution < -0.4 is 5.32 Å². The van der Waals surface area contributed by atoms with Crippen molar-refractivity contribution in [3.8, 4) is 0 Å². The topological polar surface area (TPSA) is 66.4 Å². The lowest BCUT2D eigenvalue weighted by molar-refractivity contribution is -0.119. The van der Waals surface area contributed by atoms with Crippen molar-refractivity contribution in [3.63, 3.8) is 0 Å². The highest BCUT2D eigenvalue weighted by Gasteiger charge is 2.13. The summed E-state index contributed by atoms with van der Waals surface area (Å²) in [5, 5.41) is 11.7. The number of aromatic carboxylic acids is 1. The summed E-state index contributed by atoms with van der Waals surface area (Å²) in [5.41, 5.74) is 1.66. The Kier molecular flexibility index (Phi) is 4.89. The first kappa shape index (κ1) is 14.2. The Balaban J connectivity index is 2.79. The van der Waals surface area contributed by atoms with Crippen molar-refractivity contribution < 1.29 is 14.7 Å². The summed E-state index contributed by atoms with van der Waals surface area (Å²) in [5.74, 6) is -1.02. The summed E-state index contributed by atoms with van der Waals surface area (Å²) in [6.45, 7) is 5.71. The van der Waals surface area contributed by atoms with E-state index in [2.05, 4.69) is 5.32 Å². The second kappa shape index (κ2) is 6.19. The van der Waals surface area contributed by atoms with Crippen molar-refractivity contribution in [2.75, 3.05) is 5.32 Å². The maximum Gasteiger partial charge on any atom is 0.335 e. The van der Waals surface area contributed by atoms with Gasteiger partial charge in [-0.1, -0.05) is 20.3 Å². The Morgan fingerprint density at radius 3 is 2.56 bits per heavy atom. The lowest BCUT2D eigenvalue weighted by atomic mass is 10.0. The van der Waals surface area contributed by atoms with E-state index >= 15 is 0 Å². The zero-order valence-corrected chi connectivity index (χ0v) is 11.0. The van der Waals surface area contributed by atoms with E-state index in [0.717, 1.165) is 18.4 Å². The van der Waals surface area contributed by atoms with Crippen molar-refractivity contribution >= 4 is 17.6 Å². The van der Waals surface area contributed by atoms with E-state index in [9.17, 15) is 9.59 Å². The van der Waals surface area contributed by atoms with E-state index in [-0.39, 0.29) is 17.4 Å². The third kappa shape index (κ3) is 3.58. The molecular weight excluding hydrogens is 230 g/mol. The number of nitrogens with one attached hydrogen (secondary N) is 1. The van der Waals surface area contributed by atoms with Crippen LogP contribution in [0.2, 0.25) is 0 Å². The lowest BCUT2D eigenvalue weighted by Gasteiger charge is -2.13. The number of hydrogen-bond acceptors (Lipinski definition) is 2. The first-order valence-electron chi connectivity index (χ1n) is 6.10. The van der Waals surface area contributed by atoms with E-state index in [0.29, 0.717) is 5.69 Å². The van der Waals surface area contributed by atoms with Gasteiger partial charge in [0.1, 0.15) is 0 Å². The van der Waals surface area contributed by atoms with E-state index < -0.39 is 5.97 Å². The fourth-order valence-corrected chi connectivity index (χ4v) is 1.76. The van der Waals surface area contributed by atoms with Crippen molar-refractivity contribution in [1.82, 2.24) is 0 Å². The number of rotatable bonds is 5. The largest absolute Gasteiger partial charge is 0.478 e. The molecule has 0 saturated heterocycles. The second-order valence-corrected chi connectivity index (χ2v) is 4.51. The standard InChI is InChI=1S/C14H19NO3/c1-4-5-9(2)13(16)15-12-7-6-11(14(17)18)8-10(12)3/h6-9H,4-5H2,1-3H3,(H,15,16)(H,17,18). The molecule has 0 aromatic heterocycles. The maximum atomic E-state index is 11.8. The molecular formula is C14H19NO3. The Labute approximate surface area is 107 Å². The highest BCUT2D eigenvalue weighted by molar-refractivity contribution is 5.94. The minimum absolute atomic E-state index is 0.0250. The second-order valence-electron chi connectivity index (χ2n) is 4.51. The first-order chi connectivity index (χ1) is 8.45. The molecule has 98 valence electrons. The van der Waals surface area contributed by atoms with E-state index in [1.165, 1.54) is 6.07 Å². The number of carbonyl (C=O) groups excluding carboxylic acids is 1. The van der Waals surface area contributed by atoms with Crippen LogP contribution in [-0.2, 0) is 4.79 Å². The predicted octanol–water partition coefficient (Wildman–Crippen LogP) is 3.07. The zero-order valence-electron chi connectivity index (χ0n) is 11.0. The number of aryl methyl sites for hydroxylation is 1. The van der Waals surface area contributed by atoms with Crippen molar-refractivity contribution in [2.24, 2.45) is 5.92 Å². The van der Waals surface area contributed by atoms with Crippen LogP contribution in [0.5, 0.6) is 0 Å². The van der Waals surface area contributed by atoms with Crippen LogP contribution in [0.4, 0.5) is 5.69 Å². The molecule has 1 aromatic carbocycles. The number of carboxylic acids is 1. The van der Waals surface area contributed by atoms with Gasteiger partial charge in [0, 0.05) is 11.6 Å². The Bertz CT molecular complexity index is 454.